The van der Waals surface area contributed by atoms with E-state index in [1.807, 2.05) is 14.0 Å². The fourth-order valence-corrected chi connectivity index (χ4v) is 3.30. The molecule has 26 heavy (non-hydrogen) atoms. The second-order valence-electron chi connectivity index (χ2n) is 6.55. The number of methoxy groups -OCH3 is 1. The zero-order chi connectivity index (χ0) is 18.3. The van der Waals surface area contributed by atoms with Crippen molar-refractivity contribution in [1.29, 1.82) is 0 Å². The van der Waals surface area contributed by atoms with Gasteiger partial charge < -0.3 is 4.74 Å². The minimum Gasteiger partial charge on any atom is -0.381 e. The van der Waals surface area contributed by atoms with Crippen molar-refractivity contribution >= 4 is 0 Å². The lowest BCUT2D eigenvalue weighted by Crippen LogP contribution is -2.35. The Morgan fingerprint density at radius 1 is 1.23 bits per heavy atom. The summed E-state index contributed by atoms with van der Waals surface area (Å²) in [6, 6.07) is 1.37. The molecular formula is C17H20FN7O. The fourth-order valence-electron chi connectivity index (χ4n) is 3.30. The number of halogens is 1. The van der Waals surface area contributed by atoms with Gasteiger partial charge in [-0.25, -0.2) is 14.1 Å². The number of hydrogen-bond donors (Lipinski definition) is 0. The van der Waals surface area contributed by atoms with Gasteiger partial charge in [0, 0.05) is 32.3 Å². The van der Waals surface area contributed by atoms with Gasteiger partial charge in [-0.15, -0.1) is 5.10 Å². The monoisotopic (exact) mass is 357 g/mol. The van der Waals surface area contributed by atoms with Crippen LogP contribution in [-0.4, -0.2) is 47.7 Å². The molecule has 0 aromatic carbocycles. The van der Waals surface area contributed by atoms with E-state index in [2.05, 4.69) is 25.1 Å². The van der Waals surface area contributed by atoms with Gasteiger partial charge in [-0.2, -0.15) is 14.8 Å². The Labute approximate surface area is 150 Å². The zero-order valence-electron chi connectivity index (χ0n) is 14.9. The molecule has 4 rings (SSSR count). The van der Waals surface area contributed by atoms with Crippen LogP contribution in [0.1, 0.15) is 24.5 Å². The number of aromatic nitrogens is 7. The normalized spacial score (nSPS) is 19.5. The summed E-state index contributed by atoms with van der Waals surface area (Å²) in [5.41, 5.74) is 0.529. The van der Waals surface area contributed by atoms with Crippen molar-refractivity contribution in [2.24, 2.45) is 13.0 Å². The molecule has 0 N–H and O–H groups in total. The summed E-state index contributed by atoms with van der Waals surface area (Å²) in [7, 11) is 3.54. The van der Waals surface area contributed by atoms with Crippen molar-refractivity contribution in [3.05, 3.63) is 35.9 Å². The molecule has 1 aliphatic rings. The minimum absolute atomic E-state index is 0.237. The number of ether oxygens (including phenoxy) is 1. The van der Waals surface area contributed by atoms with E-state index in [9.17, 15) is 4.39 Å². The van der Waals surface area contributed by atoms with E-state index in [0.29, 0.717) is 35.5 Å². The van der Waals surface area contributed by atoms with Gasteiger partial charge in [0.25, 0.3) is 5.95 Å². The summed E-state index contributed by atoms with van der Waals surface area (Å²) in [5, 5.41) is 8.85. The van der Waals surface area contributed by atoms with Gasteiger partial charge in [0.15, 0.2) is 5.82 Å². The summed E-state index contributed by atoms with van der Waals surface area (Å²) in [4.78, 5) is 13.0. The maximum Gasteiger partial charge on any atom is 0.250 e. The molecule has 8 nitrogen and oxygen atoms in total. The molecule has 0 amide bonds. The quantitative estimate of drug-likeness (QED) is 0.693. The van der Waals surface area contributed by atoms with Gasteiger partial charge in [-0.3, -0.25) is 4.98 Å². The number of rotatable bonds is 5. The molecule has 1 fully saturated rings. The summed E-state index contributed by atoms with van der Waals surface area (Å²) < 4.78 is 22.4. The molecule has 2 atom stereocenters. The number of nitrogens with zero attached hydrogens (tertiary/aromatic N) is 7. The van der Waals surface area contributed by atoms with Crippen LogP contribution >= 0.6 is 0 Å². The topological polar surface area (TPSA) is 83.5 Å². The van der Waals surface area contributed by atoms with Gasteiger partial charge >= 0.3 is 0 Å². The molecule has 1 aliphatic carbocycles. The zero-order valence-corrected chi connectivity index (χ0v) is 14.9. The second-order valence-corrected chi connectivity index (χ2v) is 6.55. The van der Waals surface area contributed by atoms with E-state index in [1.165, 1.54) is 6.07 Å². The Hall–Kier alpha value is -2.68. The van der Waals surface area contributed by atoms with Crippen molar-refractivity contribution in [2.75, 3.05) is 7.11 Å². The summed E-state index contributed by atoms with van der Waals surface area (Å²) in [5.74, 6) is 2.36. The van der Waals surface area contributed by atoms with Crippen LogP contribution < -0.4 is 0 Å². The largest absolute Gasteiger partial charge is 0.381 e. The lowest BCUT2D eigenvalue weighted by atomic mass is 9.79. The minimum atomic E-state index is -0.423. The molecular weight excluding hydrogens is 337 g/mol. The summed E-state index contributed by atoms with van der Waals surface area (Å²) in [6.07, 6.45) is 5.79. The van der Waals surface area contributed by atoms with Crippen molar-refractivity contribution in [3.63, 3.8) is 0 Å². The van der Waals surface area contributed by atoms with Crippen molar-refractivity contribution in [3.8, 4) is 17.3 Å². The van der Waals surface area contributed by atoms with E-state index < -0.39 is 5.82 Å². The maximum absolute atomic E-state index is 13.6. The first kappa shape index (κ1) is 16.8. The number of aryl methyl sites for hydroxylation is 2. The smallest absolute Gasteiger partial charge is 0.250 e. The molecule has 3 heterocycles. The van der Waals surface area contributed by atoms with Crippen molar-refractivity contribution < 1.29 is 9.13 Å². The SMILES string of the molecule is COC1CCC1Cc1nc(-c2cncc(F)c2)nn1-c1nc(C)nn1C. The van der Waals surface area contributed by atoms with Gasteiger partial charge in [0.05, 0.1) is 12.3 Å². The van der Waals surface area contributed by atoms with Crippen molar-refractivity contribution in [2.45, 2.75) is 32.3 Å². The molecule has 1 saturated carbocycles. The van der Waals surface area contributed by atoms with Crippen LogP contribution in [0, 0.1) is 18.7 Å². The van der Waals surface area contributed by atoms with Crippen LogP contribution in [-0.2, 0) is 18.2 Å². The molecule has 0 bridgehead atoms. The average Bonchev–Trinajstić information content (AvgIpc) is 3.14. The maximum atomic E-state index is 13.6. The molecule has 2 unspecified atom stereocenters. The molecule has 3 aromatic heterocycles. The summed E-state index contributed by atoms with van der Waals surface area (Å²) >= 11 is 0. The first-order valence-electron chi connectivity index (χ1n) is 8.53. The lowest BCUT2D eigenvalue weighted by Gasteiger charge is -2.34. The fraction of sp³-hybridized carbons (Fsp3) is 0.471. The third-order valence-electron chi connectivity index (χ3n) is 4.77. The van der Waals surface area contributed by atoms with Crippen molar-refractivity contribution in [1.82, 2.24) is 34.5 Å². The van der Waals surface area contributed by atoms with E-state index in [1.54, 1.807) is 22.7 Å². The van der Waals surface area contributed by atoms with E-state index in [-0.39, 0.29) is 6.10 Å². The first-order valence-corrected chi connectivity index (χ1v) is 8.53. The lowest BCUT2D eigenvalue weighted by molar-refractivity contribution is -0.0167. The highest BCUT2D eigenvalue weighted by Gasteiger charge is 2.33. The van der Waals surface area contributed by atoms with Crippen LogP contribution in [0.4, 0.5) is 4.39 Å². The Bertz CT molecular complexity index is 933. The van der Waals surface area contributed by atoms with Crippen LogP contribution in [0.15, 0.2) is 18.5 Å². The van der Waals surface area contributed by atoms with E-state index >= 15 is 0 Å². The van der Waals surface area contributed by atoms with Crippen LogP contribution in [0.25, 0.3) is 17.3 Å². The third-order valence-corrected chi connectivity index (χ3v) is 4.77. The average molecular weight is 357 g/mol. The van der Waals surface area contributed by atoms with Gasteiger partial charge in [-0.05, 0) is 31.7 Å². The van der Waals surface area contributed by atoms with Gasteiger partial charge in [0.1, 0.15) is 17.5 Å². The van der Waals surface area contributed by atoms with Crippen LogP contribution in [0.2, 0.25) is 0 Å². The molecule has 0 saturated heterocycles. The highest BCUT2D eigenvalue weighted by molar-refractivity contribution is 5.53. The molecule has 0 spiro atoms. The van der Waals surface area contributed by atoms with E-state index in [4.69, 9.17) is 4.74 Å². The predicted molar refractivity (Wildman–Crippen MR) is 91.1 cm³/mol. The Balaban J connectivity index is 1.76. The molecule has 0 radical (unpaired) electrons. The predicted octanol–water partition coefficient (Wildman–Crippen LogP) is 1.87. The summed E-state index contributed by atoms with van der Waals surface area (Å²) in [6.45, 7) is 1.82. The molecule has 3 aromatic rings. The first-order chi connectivity index (χ1) is 12.5. The standard InChI is InChI=1S/C17H20FN7O/c1-10-20-17(24(2)22-10)25-15(7-11-4-5-14(11)26-3)21-16(23-25)12-6-13(18)9-19-8-12/h6,8-9,11,14H,4-5,7H2,1-3H3. The Morgan fingerprint density at radius 3 is 2.69 bits per heavy atom. The second kappa shape index (κ2) is 6.56. The highest BCUT2D eigenvalue weighted by atomic mass is 19.1. The highest BCUT2D eigenvalue weighted by Crippen LogP contribution is 2.33. The number of pyridine rings is 1. The number of hydrogen-bond acceptors (Lipinski definition) is 6. The molecule has 9 heteroatoms. The Kier molecular flexibility index (Phi) is 4.23. The molecule has 136 valence electrons. The van der Waals surface area contributed by atoms with E-state index in [0.717, 1.165) is 24.9 Å². The van der Waals surface area contributed by atoms with Crippen LogP contribution in [0.5, 0.6) is 0 Å². The van der Waals surface area contributed by atoms with Gasteiger partial charge in [0.2, 0.25) is 0 Å². The Morgan fingerprint density at radius 2 is 2.08 bits per heavy atom. The van der Waals surface area contributed by atoms with Gasteiger partial charge in [-0.1, -0.05) is 0 Å². The van der Waals surface area contributed by atoms with Crippen LogP contribution in [0.3, 0.4) is 0 Å². The molecule has 0 aliphatic heterocycles. The third kappa shape index (κ3) is 2.98.